The lowest BCUT2D eigenvalue weighted by molar-refractivity contribution is -0.160. The summed E-state index contributed by atoms with van der Waals surface area (Å²) in [6, 6.07) is 9.16. The van der Waals surface area contributed by atoms with E-state index in [1.54, 1.807) is 0 Å². The molecule has 4 aliphatic carbocycles. The number of ether oxygens (including phenoxy) is 1. The summed E-state index contributed by atoms with van der Waals surface area (Å²) < 4.78 is 7.18. The second kappa shape index (κ2) is 5.79. The van der Waals surface area contributed by atoms with Gasteiger partial charge in [0.15, 0.2) is 0 Å². The van der Waals surface area contributed by atoms with Gasteiger partial charge in [0.25, 0.3) is 0 Å². The van der Waals surface area contributed by atoms with Crippen molar-refractivity contribution in [2.45, 2.75) is 80.7 Å². The van der Waals surface area contributed by atoms with Crippen molar-refractivity contribution >= 4 is 10.8 Å². The largest absolute Gasteiger partial charge is 0.390 e. The van der Waals surface area contributed by atoms with Crippen molar-refractivity contribution in [1.29, 1.82) is 0 Å². The van der Waals surface area contributed by atoms with Crippen molar-refractivity contribution in [3.63, 3.8) is 0 Å². The number of hydrogen-bond acceptors (Lipinski definition) is 4. The molecule has 3 saturated carbocycles. The molecule has 8 rings (SSSR count). The Hall–Kier alpha value is -2.01. The summed E-state index contributed by atoms with van der Waals surface area (Å²) in [5.41, 5.74) is 3.85. The molecule has 4 heteroatoms. The van der Waals surface area contributed by atoms with Gasteiger partial charge >= 0.3 is 0 Å². The number of benzene rings is 1. The first-order chi connectivity index (χ1) is 15.9. The third kappa shape index (κ3) is 2.09. The van der Waals surface area contributed by atoms with E-state index >= 15 is 0 Å². The second-order valence-electron chi connectivity index (χ2n) is 12.1. The zero-order valence-corrected chi connectivity index (χ0v) is 19.1. The van der Waals surface area contributed by atoms with Gasteiger partial charge in [0.05, 0.1) is 23.4 Å². The molecule has 33 heavy (non-hydrogen) atoms. The van der Waals surface area contributed by atoms with E-state index in [0.717, 1.165) is 19.3 Å². The van der Waals surface area contributed by atoms with Crippen molar-refractivity contribution in [1.82, 2.24) is 4.98 Å². The number of pyridine rings is 1. The Morgan fingerprint density at radius 1 is 1.06 bits per heavy atom. The fourth-order valence-corrected chi connectivity index (χ4v) is 9.31. The molecule has 2 N–H and O–H groups in total. The highest BCUT2D eigenvalue weighted by Gasteiger charge is 2.78. The predicted molar refractivity (Wildman–Crippen MR) is 126 cm³/mol. The summed E-state index contributed by atoms with van der Waals surface area (Å²) in [5, 5.41) is 23.3. The predicted octanol–water partition coefficient (Wildman–Crippen LogP) is 4.59. The van der Waals surface area contributed by atoms with Crippen LogP contribution in [0.3, 0.4) is 0 Å². The lowest BCUT2D eigenvalue weighted by Gasteiger charge is -2.56. The average molecular weight is 442 g/mol. The molecule has 1 unspecified atom stereocenters. The minimum Gasteiger partial charge on any atom is -0.390 e. The van der Waals surface area contributed by atoms with E-state index in [1.165, 1.54) is 40.3 Å². The van der Waals surface area contributed by atoms with Gasteiger partial charge in [-0.2, -0.15) is 0 Å². The van der Waals surface area contributed by atoms with Crippen LogP contribution in [0, 0.1) is 17.3 Å². The maximum atomic E-state index is 10.5. The Labute approximate surface area is 194 Å². The normalized spacial score (nSPS) is 48.9. The second-order valence-corrected chi connectivity index (χ2v) is 12.1. The Morgan fingerprint density at radius 3 is 2.88 bits per heavy atom. The number of aromatic nitrogens is 1. The van der Waals surface area contributed by atoms with E-state index in [-0.39, 0.29) is 22.0 Å². The topological polar surface area (TPSA) is 62.6 Å². The Bertz CT molecular complexity index is 1280. The zero-order valence-electron chi connectivity index (χ0n) is 19.1. The molecule has 4 nitrogen and oxygen atoms in total. The molecule has 2 spiro atoms. The van der Waals surface area contributed by atoms with Crippen molar-refractivity contribution in [3.8, 4) is 0 Å². The van der Waals surface area contributed by atoms with Crippen LogP contribution in [0.15, 0.2) is 60.0 Å². The molecule has 6 aliphatic rings. The van der Waals surface area contributed by atoms with Crippen LogP contribution in [0.5, 0.6) is 0 Å². The van der Waals surface area contributed by atoms with E-state index in [2.05, 4.69) is 48.3 Å². The highest BCUT2D eigenvalue weighted by molar-refractivity contribution is 5.82. The smallest absolute Gasteiger partial charge is 0.0975 e. The van der Waals surface area contributed by atoms with E-state index in [9.17, 15) is 10.2 Å². The summed E-state index contributed by atoms with van der Waals surface area (Å²) in [5.74, 6) is 1.21. The van der Waals surface area contributed by atoms with Crippen LogP contribution in [0.4, 0.5) is 0 Å². The first kappa shape index (κ1) is 19.3. The first-order valence-corrected chi connectivity index (χ1v) is 12.7. The number of aliphatic hydroxyl groups is 2. The lowest BCUT2D eigenvalue weighted by atomic mass is 9.55. The maximum Gasteiger partial charge on any atom is 0.0975 e. The van der Waals surface area contributed by atoms with Crippen molar-refractivity contribution in [2.75, 3.05) is 0 Å². The van der Waals surface area contributed by atoms with Gasteiger partial charge in [-0.15, -0.1) is 0 Å². The molecule has 8 atom stereocenters. The van der Waals surface area contributed by atoms with Crippen molar-refractivity contribution < 1.29 is 14.9 Å². The van der Waals surface area contributed by atoms with Crippen LogP contribution in [-0.2, 0) is 10.2 Å². The summed E-state index contributed by atoms with van der Waals surface area (Å²) >= 11 is 0. The van der Waals surface area contributed by atoms with Crippen LogP contribution in [-0.4, -0.2) is 38.6 Å². The van der Waals surface area contributed by atoms with Gasteiger partial charge < -0.3 is 14.9 Å². The van der Waals surface area contributed by atoms with E-state index in [1.807, 2.05) is 12.4 Å². The summed E-state index contributed by atoms with van der Waals surface area (Å²) in [7, 11) is 0. The van der Waals surface area contributed by atoms with Crippen LogP contribution >= 0.6 is 0 Å². The van der Waals surface area contributed by atoms with E-state index in [4.69, 9.17) is 4.74 Å². The van der Waals surface area contributed by atoms with E-state index in [0.29, 0.717) is 24.7 Å². The maximum absolute atomic E-state index is 10.5. The summed E-state index contributed by atoms with van der Waals surface area (Å²) in [6.07, 6.45) is 14.0. The molecular weight excluding hydrogens is 410 g/mol. The van der Waals surface area contributed by atoms with Gasteiger partial charge in [0.1, 0.15) is 0 Å². The standard InChI is InChI=1S/C29H31NO3/c1-26-6-4-20-11-21-12-23(31)24(32)15-27(21)7-8-29(20,33-27)25(26)13-22-14-28(22,26)19-3-2-17-5-9-30-16-18(17)10-19/h2-5,9-11,16,22-25,31-32H,6-8,12-15H2,1H3/t22-,23-,24-,25+,26-,27+,28-,29?/m0/s1. The molecule has 2 bridgehead atoms. The third-order valence-electron chi connectivity index (χ3n) is 11.0. The molecule has 1 saturated heterocycles. The number of aliphatic hydroxyl groups excluding tert-OH is 2. The van der Waals surface area contributed by atoms with Crippen LogP contribution in [0.25, 0.3) is 10.8 Å². The molecule has 1 aromatic carbocycles. The number of rotatable bonds is 1. The van der Waals surface area contributed by atoms with Crippen LogP contribution in [0.2, 0.25) is 0 Å². The zero-order chi connectivity index (χ0) is 22.2. The highest BCUT2D eigenvalue weighted by atomic mass is 16.5. The number of hydrogen-bond donors (Lipinski definition) is 2. The molecule has 1 aromatic heterocycles. The quantitative estimate of drug-likeness (QED) is 0.679. The number of fused-ring (bicyclic) bond motifs is 4. The minimum atomic E-state index is -0.688. The Kier molecular flexibility index (Phi) is 3.39. The Morgan fingerprint density at radius 2 is 1.97 bits per heavy atom. The van der Waals surface area contributed by atoms with Gasteiger partial charge in [0, 0.05) is 29.6 Å². The number of nitrogens with zero attached hydrogens (tertiary/aromatic N) is 1. The molecule has 0 radical (unpaired) electrons. The van der Waals surface area contributed by atoms with Gasteiger partial charge in [-0.05, 0) is 90.0 Å². The fourth-order valence-electron chi connectivity index (χ4n) is 9.31. The van der Waals surface area contributed by atoms with Crippen LogP contribution < -0.4 is 0 Å². The lowest BCUT2D eigenvalue weighted by Crippen LogP contribution is -2.57. The van der Waals surface area contributed by atoms with Gasteiger partial charge in [-0.25, -0.2) is 0 Å². The molecule has 3 heterocycles. The molecular formula is C29H31NO3. The van der Waals surface area contributed by atoms with Crippen molar-refractivity contribution in [3.05, 3.63) is 65.5 Å². The van der Waals surface area contributed by atoms with Crippen molar-refractivity contribution in [2.24, 2.45) is 17.3 Å². The molecule has 2 aromatic rings. The average Bonchev–Trinajstić information content (AvgIpc) is 3.39. The Balaban J connectivity index is 1.25. The fraction of sp³-hybridized carbons (Fsp3) is 0.552. The van der Waals surface area contributed by atoms with Gasteiger partial charge in [-0.1, -0.05) is 31.2 Å². The third-order valence-corrected chi connectivity index (χ3v) is 11.0. The molecule has 0 amide bonds. The highest BCUT2D eigenvalue weighted by Crippen LogP contribution is 2.80. The molecule has 170 valence electrons. The van der Waals surface area contributed by atoms with Crippen LogP contribution in [0.1, 0.15) is 57.4 Å². The van der Waals surface area contributed by atoms with Gasteiger partial charge in [0.2, 0.25) is 0 Å². The molecule has 2 aliphatic heterocycles. The summed E-state index contributed by atoms with van der Waals surface area (Å²) in [6.45, 7) is 2.53. The summed E-state index contributed by atoms with van der Waals surface area (Å²) in [4.78, 5) is 4.37. The van der Waals surface area contributed by atoms with Gasteiger partial charge in [-0.3, -0.25) is 4.98 Å². The molecule has 4 fully saturated rings. The minimum absolute atomic E-state index is 0.167. The number of allylic oxidation sites excluding steroid dienone is 1. The SMILES string of the molecule is C[C@]12CC=C3C=C4C[C@H](O)[C@@H](O)C[C@]45CCC3(O5)[C@@H]1C[C@H]1C[C@]12c1ccc2ccncc2c1. The first-order valence-electron chi connectivity index (χ1n) is 12.7. The van der Waals surface area contributed by atoms with E-state index < -0.39 is 12.2 Å². The monoisotopic (exact) mass is 441 g/mol.